The molecule has 32 heavy (non-hydrogen) atoms. The fraction of sp³-hybridized carbons (Fsp3) is 0.130. The number of amides is 1. The number of ether oxygens (including phenoxy) is 1. The van der Waals surface area contributed by atoms with Crippen molar-refractivity contribution >= 4 is 44.9 Å². The van der Waals surface area contributed by atoms with E-state index in [0.717, 1.165) is 11.1 Å². The molecular weight excluding hydrogens is 452 g/mol. The number of aryl methyl sites for hydroxylation is 2. The summed E-state index contributed by atoms with van der Waals surface area (Å²) in [5.41, 5.74) is 3.05. The first-order valence-corrected chi connectivity index (χ1v) is 11.4. The van der Waals surface area contributed by atoms with Crippen molar-refractivity contribution in [2.45, 2.75) is 18.7 Å². The van der Waals surface area contributed by atoms with Crippen molar-refractivity contribution in [1.29, 1.82) is 0 Å². The largest absolute Gasteiger partial charge is 0.465 e. The first kappa shape index (κ1) is 23.3. The second-order valence-electron chi connectivity index (χ2n) is 7.09. The number of hydrogen-bond donors (Lipinski definition) is 2. The first-order chi connectivity index (χ1) is 15.1. The summed E-state index contributed by atoms with van der Waals surface area (Å²) in [6, 6.07) is 15.4. The van der Waals surface area contributed by atoms with Crippen LogP contribution in [0, 0.1) is 13.8 Å². The third kappa shape index (κ3) is 5.27. The number of carbonyl (C=O) groups excluding carboxylic acids is 2. The predicted molar refractivity (Wildman–Crippen MR) is 124 cm³/mol. The van der Waals surface area contributed by atoms with E-state index in [1.54, 1.807) is 31.2 Å². The molecule has 0 bridgehead atoms. The maximum Gasteiger partial charge on any atom is 0.337 e. The molecule has 1 amide bonds. The summed E-state index contributed by atoms with van der Waals surface area (Å²) < 4.78 is 33.1. The Morgan fingerprint density at radius 1 is 0.906 bits per heavy atom. The summed E-state index contributed by atoms with van der Waals surface area (Å²) in [4.78, 5) is 24.0. The van der Waals surface area contributed by atoms with Crippen LogP contribution in [-0.4, -0.2) is 27.4 Å². The Morgan fingerprint density at radius 2 is 1.56 bits per heavy atom. The Bertz CT molecular complexity index is 1290. The molecule has 9 heteroatoms. The molecule has 0 aliphatic rings. The monoisotopic (exact) mass is 472 g/mol. The molecule has 0 spiro atoms. The lowest BCUT2D eigenvalue weighted by molar-refractivity contribution is 0.0600. The Morgan fingerprint density at radius 3 is 2.19 bits per heavy atom. The SMILES string of the molecule is COC(=O)c1ccc(NC(=O)c2ccc(Cl)c(S(=O)(=O)Nc3ccc(C)cc3C)c2)cc1. The molecule has 0 aliphatic heterocycles. The van der Waals surface area contributed by atoms with E-state index < -0.39 is 21.9 Å². The van der Waals surface area contributed by atoms with Gasteiger partial charge in [-0.15, -0.1) is 0 Å². The molecule has 0 saturated heterocycles. The summed E-state index contributed by atoms with van der Waals surface area (Å²) in [6.07, 6.45) is 0. The van der Waals surface area contributed by atoms with Crippen molar-refractivity contribution in [3.63, 3.8) is 0 Å². The molecule has 0 atom stereocenters. The average Bonchev–Trinajstić information content (AvgIpc) is 2.75. The van der Waals surface area contributed by atoms with Crippen LogP contribution in [0.4, 0.5) is 11.4 Å². The standard InChI is InChI=1S/C23H21ClN2O5S/c1-14-4-11-20(15(2)12-14)26-32(29,30)21-13-17(7-10-19(21)24)22(27)25-18-8-5-16(6-9-18)23(28)31-3/h4-13,26H,1-3H3,(H,25,27). The number of benzene rings is 3. The van der Waals surface area contributed by atoms with Crippen LogP contribution in [0.2, 0.25) is 5.02 Å². The van der Waals surface area contributed by atoms with Gasteiger partial charge in [-0.25, -0.2) is 13.2 Å². The van der Waals surface area contributed by atoms with Crippen LogP contribution in [0.25, 0.3) is 0 Å². The number of methoxy groups -OCH3 is 1. The van der Waals surface area contributed by atoms with E-state index in [1.165, 1.54) is 37.4 Å². The van der Waals surface area contributed by atoms with Gasteiger partial charge < -0.3 is 10.1 Å². The van der Waals surface area contributed by atoms with E-state index in [0.29, 0.717) is 16.9 Å². The molecule has 166 valence electrons. The second kappa shape index (κ2) is 9.42. The average molecular weight is 473 g/mol. The van der Waals surface area contributed by atoms with Crippen LogP contribution in [-0.2, 0) is 14.8 Å². The van der Waals surface area contributed by atoms with Gasteiger partial charge in [0.1, 0.15) is 4.90 Å². The first-order valence-electron chi connectivity index (χ1n) is 9.50. The Labute approximate surface area is 191 Å². The molecule has 2 N–H and O–H groups in total. The highest BCUT2D eigenvalue weighted by molar-refractivity contribution is 7.92. The topological polar surface area (TPSA) is 102 Å². The van der Waals surface area contributed by atoms with Crippen molar-refractivity contribution in [1.82, 2.24) is 0 Å². The maximum absolute atomic E-state index is 13.0. The molecule has 0 aliphatic carbocycles. The zero-order chi connectivity index (χ0) is 23.5. The van der Waals surface area contributed by atoms with Crippen LogP contribution in [0.3, 0.4) is 0 Å². The summed E-state index contributed by atoms with van der Waals surface area (Å²) in [5.74, 6) is -1.03. The highest BCUT2D eigenvalue weighted by Crippen LogP contribution is 2.27. The fourth-order valence-corrected chi connectivity index (χ4v) is 4.65. The third-order valence-corrected chi connectivity index (χ3v) is 6.52. The summed E-state index contributed by atoms with van der Waals surface area (Å²) in [7, 11) is -2.76. The van der Waals surface area contributed by atoms with Gasteiger partial charge in [-0.1, -0.05) is 29.3 Å². The fourth-order valence-electron chi connectivity index (χ4n) is 2.99. The minimum Gasteiger partial charge on any atom is -0.465 e. The summed E-state index contributed by atoms with van der Waals surface area (Å²) in [6.45, 7) is 3.70. The van der Waals surface area contributed by atoms with Crippen LogP contribution in [0.1, 0.15) is 31.8 Å². The minimum atomic E-state index is -4.04. The van der Waals surface area contributed by atoms with Gasteiger partial charge in [0.15, 0.2) is 0 Å². The highest BCUT2D eigenvalue weighted by atomic mass is 35.5. The molecule has 0 heterocycles. The molecule has 3 aromatic carbocycles. The molecule has 3 rings (SSSR count). The van der Waals surface area contributed by atoms with E-state index in [2.05, 4.69) is 14.8 Å². The molecule has 0 aromatic heterocycles. The van der Waals surface area contributed by atoms with Gasteiger partial charge >= 0.3 is 5.97 Å². The lowest BCUT2D eigenvalue weighted by atomic mass is 10.1. The molecule has 0 unspecified atom stereocenters. The lowest BCUT2D eigenvalue weighted by Crippen LogP contribution is -2.17. The molecular formula is C23H21ClN2O5S. The van der Waals surface area contributed by atoms with Gasteiger partial charge in [0.05, 0.1) is 23.4 Å². The zero-order valence-corrected chi connectivity index (χ0v) is 19.2. The zero-order valence-electron chi connectivity index (χ0n) is 17.6. The van der Waals surface area contributed by atoms with Gasteiger partial charge in [-0.2, -0.15) is 0 Å². The number of carbonyl (C=O) groups is 2. The number of esters is 1. The molecule has 3 aromatic rings. The Kier molecular flexibility index (Phi) is 6.86. The van der Waals surface area contributed by atoms with Gasteiger partial charge in [-0.3, -0.25) is 9.52 Å². The van der Waals surface area contributed by atoms with Crippen LogP contribution in [0.5, 0.6) is 0 Å². The van der Waals surface area contributed by atoms with Crippen molar-refractivity contribution in [3.05, 3.63) is 87.9 Å². The quantitative estimate of drug-likeness (QED) is 0.502. The third-order valence-electron chi connectivity index (χ3n) is 4.67. The van der Waals surface area contributed by atoms with Crippen LogP contribution >= 0.6 is 11.6 Å². The molecule has 0 saturated carbocycles. The van der Waals surface area contributed by atoms with E-state index in [4.69, 9.17) is 11.6 Å². The second-order valence-corrected chi connectivity index (χ2v) is 9.15. The van der Waals surface area contributed by atoms with Crippen molar-refractivity contribution in [2.75, 3.05) is 17.1 Å². The van der Waals surface area contributed by atoms with E-state index >= 15 is 0 Å². The Balaban J connectivity index is 1.84. The normalized spacial score (nSPS) is 11.0. The number of anilines is 2. The van der Waals surface area contributed by atoms with Gasteiger partial charge in [0, 0.05) is 11.3 Å². The number of rotatable bonds is 6. The summed E-state index contributed by atoms with van der Waals surface area (Å²) in [5, 5.41) is 2.64. The minimum absolute atomic E-state index is 0.0127. The predicted octanol–water partition coefficient (Wildman–Crippen LogP) is 4.80. The van der Waals surface area contributed by atoms with Gasteiger partial charge in [-0.05, 0) is 67.9 Å². The number of sulfonamides is 1. The van der Waals surface area contributed by atoms with Crippen LogP contribution in [0.15, 0.2) is 65.6 Å². The van der Waals surface area contributed by atoms with Crippen molar-refractivity contribution in [2.24, 2.45) is 0 Å². The molecule has 0 radical (unpaired) electrons. The van der Waals surface area contributed by atoms with Crippen molar-refractivity contribution in [3.8, 4) is 0 Å². The van der Waals surface area contributed by atoms with E-state index in [-0.39, 0.29) is 15.5 Å². The highest BCUT2D eigenvalue weighted by Gasteiger charge is 2.21. The van der Waals surface area contributed by atoms with E-state index in [1.807, 2.05) is 13.0 Å². The molecule has 0 fully saturated rings. The van der Waals surface area contributed by atoms with Gasteiger partial charge in [0.25, 0.3) is 15.9 Å². The number of nitrogens with one attached hydrogen (secondary N) is 2. The lowest BCUT2D eigenvalue weighted by Gasteiger charge is -2.13. The smallest absolute Gasteiger partial charge is 0.337 e. The molecule has 7 nitrogen and oxygen atoms in total. The number of hydrogen-bond acceptors (Lipinski definition) is 5. The Hall–Kier alpha value is -3.36. The number of halogens is 1. The maximum atomic E-state index is 13.0. The van der Waals surface area contributed by atoms with E-state index in [9.17, 15) is 18.0 Å². The van der Waals surface area contributed by atoms with Gasteiger partial charge in [0.2, 0.25) is 0 Å². The van der Waals surface area contributed by atoms with Crippen LogP contribution < -0.4 is 10.0 Å². The summed E-state index contributed by atoms with van der Waals surface area (Å²) >= 11 is 6.14. The van der Waals surface area contributed by atoms with Crippen molar-refractivity contribution < 1.29 is 22.7 Å².